The summed E-state index contributed by atoms with van der Waals surface area (Å²) in [6.45, 7) is 0. The summed E-state index contributed by atoms with van der Waals surface area (Å²) in [5, 5.41) is 1.54. The van der Waals surface area contributed by atoms with Gasteiger partial charge in [-0.25, -0.2) is 4.39 Å². The number of anilines is 7. The van der Waals surface area contributed by atoms with Crippen molar-refractivity contribution in [2.75, 3.05) is 133 Å². The SMILES string of the molecule is CN(C)c1c(N(C)C)c(N(C)C)c2c(N(C)C)c(N(C)C)c(N(C)C)c(N(C)C)c2c1F. The van der Waals surface area contributed by atoms with Gasteiger partial charge in [-0.15, -0.1) is 0 Å². The molecule has 0 bridgehead atoms. The number of rotatable bonds is 7. The van der Waals surface area contributed by atoms with E-state index in [0.717, 1.165) is 39.5 Å². The van der Waals surface area contributed by atoms with Crippen molar-refractivity contribution in [2.24, 2.45) is 0 Å². The maximum atomic E-state index is 16.7. The van der Waals surface area contributed by atoms with Crippen LogP contribution < -0.4 is 34.3 Å². The van der Waals surface area contributed by atoms with Crippen molar-refractivity contribution in [3.05, 3.63) is 5.82 Å². The van der Waals surface area contributed by atoms with E-state index in [1.165, 1.54) is 0 Å². The molecule has 0 aliphatic carbocycles. The van der Waals surface area contributed by atoms with Gasteiger partial charge in [0.1, 0.15) is 0 Å². The Morgan fingerprint density at radius 3 is 0.781 bits per heavy atom. The first-order chi connectivity index (χ1) is 14.7. The van der Waals surface area contributed by atoms with Crippen LogP contribution in [0.4, 0.5) is 44.2 Å². The first-order valence-electron chi connectivity index (χ1n) is 10.8. The fourth-order valence-corrected chi connectivity index (χ4v) is 4.58. The molecule has 0 heterocycles. The Morgan fingerprint density at radius 1 is 0.312 bits per heavy atom. The van der Waals surface area contributed by atoms with Crippen LogP contribution in [0.2, 0.25) is 0 Å². The fraction of sp³-hybridized carbons (Fsp3) is 0.583. The van der Waals surface area contributed by atoms with Gasteiger partial charge in [0, 0.05) is 109 Å². The van der Waals surface area contributed by atoms with Gasteiger partial charge in [0.2, 0.25) is 0 Å². The lowest BCUT2D eigenvalue weighted by Crippen LogP contribution is -2.27. The van der Waals surface area contributed by atoms with Crippen molar-refractivity contribution in [3.63, 3.8) is 0 Å². The summed E-state index contributed by atoms with van der Waals surface area (Å²) in [6, 6.07) is 0. The Balaban J connectivity index is 3.56. The standard InChI is InChI=1S/C24H42FN7/c1-26(2)18-15-16(20(28(5)6)24(32(13)14)23(18)31(11)12)19(27(3)4)22(30(9)10)21(17(15)25)29(7)8/h1-14H3. The molecular weight excluding hydrogens is 405 g/mol. The van der Waals surface area contributed by atoms with Crippen molar-refractivity contribution in [1.29, 1.82) is 0 Å². The number of benzene rings is 2. The zero-order valence-corrected chi connectivity index (χ0v) is 22.5. The van der Waals surface area contributed by atoms with Gasteiger partial charge < -0.3 is 34.3 Å². The second-order valence-corrected chi connectivity index (χ2v) is 9.77. The van der Waals surface area contributed by atoms with Gasteiger partial charge in [0.25, 0.3) is 0 Å². The molecule has 0 saturated carbocycles. The van der Waals surface area contributed by atoms with Crippen molar-refractivity contribution >= 4 is 50.6 Å². The highest BCUT2D eigenvalue weighted by atomic mass is 19.1. The summed E-state index contributed by atoms with van der Waals surface area (Å²) in [4.78, 5) is 14.3. The molecule has 0 aliphatic heterocycles. The normalized spacial score (nSPS) is 11.0. The van der Waals surface area contributed by atoms with E-state index >= 15 is 4.39 Å². The molecule has 0 N–H and O–H groups in total. The van der Waals surface area contributed by atoms with Crippen molar-refractivity contribution < 1.29 is 4.39 Å². The molecule has 0 saturated heterocycles. The minimum absolute atomic E-state index is 0.209. The predicted molar refractivity (Wildman–Crippen MR) is 144 cm³/mol. The van der Waals surface area contributed by atoms with Crippen LogP contribution in [0.15, 0.2) is 0 Å². The van der Waals surface area contributed by atoms with Crippen LogP contribution in [0.3, 0.4) is 0 Å². The van der Waals surface area contributed by atoms with Crippen LogP contribution in [-0.2, 0) is 0 Å². The molecule has 0 radical (unpaired) electrons. The lowest BCUT2D eigenvalue weighted by Gasteiger charge is -2.38. The van der Waals surface area contributed by atoms with E-state index in [1.807, 2.05) is 113 Å². The zero-order valence-electron chi connectivity index (χ0n) is 22.5. The number of halogens is 1. The molecule has 0 fully saturated rings. The summed E-state index contributed by atoms with van der Waals surface area (Å²) in [7, 11) is 28.0. The van der Waals surface area contributed by atoms with Gasteiger partial charge in [-0.2, -0.15) is 0 Å². The van der Waals surface area contributed by atoms with Crippen molar-refractivity contribution in [2.45, 2.75) is 0 Å². The van der Waals surface area contributed by atoms with Crippen molar-refractivity contribution in [1.82, 2.24) is 0 Å². The van der Waals surface area contributed by atoms with Gasteiger partial charge in [0.15, 0.2) is 5.82 Å². The predicted octanol–water partition coefficient (Wildman–Crippen LogP) is 3.44. The molecule has 0 unspecified atom stereocenters. The zero-order chi connectivity index (χ0) is 24.8. The Hall–Kier alpha value is -2.77. The molecule has 0 spiro atoms. The maximum absolute atomic E-state index is 16.7. The van der Waals surface area contributed by atoms with Gasteiger partial charge in [0.05, 0.1) is 39.8 Å². The molecule has 0 aromatic heterocycles. The quantitative estimate of drug-likeness (QED) is 0.640. The van der Waals surface area contributed by atoms with Crippen molar-refractivity contribution in [3.8, 4) is 0 Å². The minimum atomic E-state index is -0.209. The topological polar surface area (TPSA) is 22.7 Å². The third-order valence-corrected chi connectivity index (χ3v) is 5.64. The van der Waals surface area contributed by atoms with Gasteiger partial charge >= 0.3 is 0 Å². The van der Waals surface area contributed by atoms with Crippen LogP contribution in [0, 0.1) is 5.82 Å². The molecule has 2 rings (SSSR count). The summed E-state index contributed by atoms with van der Waals surface area (Å²) in [5.41, 5.74) is 6.35. The maximum Gasteiger partial charge on any atom is 0.158 e. The summed E-state index contributed by atoms with van der Waals surface area (Å²) in [5.74, 6) is -0.209. The summed E-state index contributed by atoms with van der Waals surface area (Å²) < 4.78 is 16.7. The van der Waals surface area contributed by atoms with Gasteiger partial charge in [-0.05, 0) is 0 Å². The van der Waals surface area contributed by atoms with Crippen LogP contribution in [0.1, 0.15) is 0 Å². The van der Waals surface area contributed by atoms with Crippen LogP contribution in [-0.4, -0.2) is 98.7 Å². The van der Waals surface area contributed by atoms with E-state index in [1.54, 1.807) is 0 Å². The average molecular weight is 448 g/mol. The van der Waals surface area contributed by atoms with E-state index in [9.17, 15) is 0 Å². The Bertz CT molecular complexity index is 978. The fourth-order valence-electron chi connectivity index (χ4n) is 4.58. The van der Waals surface area contributed by atoms with Gasteiger partial charge in [-0.3, -0.25) is 0 Å². The second kappa shape index (κ2) is 9.00. The largest absolute Gasteiger partial charge is 0.375 e. The lowest BCUT2D eigenvalue weighted by atomic mass is 9.95. The molecule has 0 amide bonds. The van der Waals surface area contributed by atoms with E-state index in [2.05, 4.69) is 19.6 Å². The molecule has 0 atom stereocenters. The summed E-state index contributed by atoms with van der Waals surface area (Å²) in [6.07, 6.45) is 0. The van der Waals surface area contributed by atoms with Crippen LogP contribution in [0.25, 0.3) is 10.8 Å². The van der Waals surface area contributed by atoms with Gasteiger partial charge in [-0.1, -0.05) is 0 Å². The molecule has 0 aliphatic rings. The minimum Gasteiger partial charge on any atom is -0.375 e. The highest BCUT2D eigenvalue weighted by Gasteiger charge is 2.33. The van der Waals surface area contributed by atoms with Crippen LogP contribution >= 0.6 is 0 Å². The lowest BCUT2D eigenvalue weighted by molar-refractivity contribution is 0.637. The highest BCUT2D eigenvalue weighted by molar-refractivity contribution is 6.23. The number of nitrogens with zero attached hydrogens (tertiary/aromatic N) is 7. The Kier molecular flexibility index (Phi) is 7.17. The average Bonchev–Trinajstić information content (AvgIpc) is 2.63. The third kappa shape index (κ3) is 3.91. The van der Waals surface area contributed by atoms with E-state index in [-0.39, 0.29) is 5.82 Å². The highest BCUT2D eigenvalue weighted by Crippen LogP contribution is 2.57. The first kappa shape index (κ1) is 25.5. The first-order valence-corrected chi connectivity index (χ1v) is 10.8. The number of fused-ring (bicyclic) bond motifs is 1. The summed E-state index contributed by atoms with van der Waals surface area (Å²) >= 11 is 0. The number of hydrogen-bond donors (Lipinski definition) is 0. The molecule has 180 valence electrons. The molecular formula is C24H42FN7. The Labute approximate surface area is 194 Å². The van der Waals surface area contributed by atoms with E-state index < -0.39 is 0 Å². The molecule has 32 heavy (non-hydrogen) atoms. The van der Waals surface area contributed by atoms with Crippen LogP contribution in [0.5, 0.6) is 0 Å². The Morgan fingerprint density at radius 2 is 0.531 bits per heavy atom. The monoisotopic (exact) mass is 447 g/mol. The molecule has 7 nitrogen and oxygen atoms in total. The van der Waals surface area contributed by atoms with E-state index in [0.29, 0.717) is 11.1 Å². The smallest absolute Gasteiger partial charge is 0.158 e. The second-order valence-electron chi connectivity index (χ2n) is 9.77. The molecule has 2 aromatic rings. The number of hydrogen-bond acceptors (Lipinski definition) is 7. The third-order valence-electron chi connectivity index (χ3n) is 5.64. The molecule has 8 heteroatoms. The van der Waals surface area contributed by atoms with E-state index in [4.69, 9.17) is 0 Å². The molecule has 2 aromatic carbocycles.